The minimum atomic E-state index is -5.09. The highest BCUT2D eigenvalue weighted by Gasteiger charge is 2.57. The molecule has 0 fully saturated rings. The minimum absolute atomic E-state index is 0.294. The number of hydrogen-bond acceptors (Lipinski definition) is 4. The van der Waals surface area contributed by atoms with Crippen LogP contribution in [0.15, 0.2) is 0 Å². The van der Waals surface area contributed by atoms with E-state index in [1.165, 1.54) is 0 Å². The number of nitrogens with one attached hydrogen (secondary N) is 3. The lowest BCUT2D eigenvalue weighted by molar-refractivity contribution is -0.205. The molecule has 4 N–H and O–H groups in total. The summed E-state index contributed by atoms with van der Waals surface area (Å²) in [4.78, 5) is 32.9. The maximum absolute atomic E-state index is 12.6. The van der Waals surface area contributed by atoms with Crippen LogP contribution in [0.5, 0.6) is 0 Å². The van der Waals surface area contributed by atoms with Crippen LogP contribution in [-0.2, 0) is 9.59 Å². The number of carboxylic acids is 1. The van der Waals surface area contributed by atoms with Crippen LogP contribution in [0.3, 0.4) is 0 Å². The smallest absolute Gasteiger partial charge is 0.417 e. The van der Waals surface area contributed by atoms with Gasteiger partial charge in [-0.25, -0.2) is 9.59 Å². The zero-order chi connectivity index (χ0) is 16.0. The van der Waals surface area contributed by atoms with Gasteiger partial charge in [0.1, 0.15) is 0 Å². The number of imide groups is 1. The normalized spacial score (nSPS) is 14.2. The molecule has 1 atom stereocenters. The van der Waals surface area contributed by atoms with Gasteiger partial charge in [0, 0.05) is 6.54 Å². The summed E-state index contributed by atoms with van der Waals surface area (Å²) < 4.78 is 37.7. The van der Waals surface area contributed by atoms with Crippen molar-refractivity contribution in [3.8, 4) is 0 Å². The Balaban J connectivity index is 4.48. The lowest BCUT2D eigenvalue weighted by atomic mass is 10.0. The molecular formula is C10H16F3N3O4. The number of carbonyl (C=O) groups is 3. The second-order valence-corrected chi connectivity index (χ2v) is 4.09. The van der Waals surface area contributed by atoms with Gasteiger partial charge in [-0.3, -0.25) is 15.4 Å². The predicted molar refractivity (Wildman–Crippen MR) is 61.9 cm³/mol. The van der Waals surface area contributed by atoms with E-state index in [2.05, 4.69) is 5.32 Å². The largest absolute Gasteiger partial charge is 0.480 e. The van der Waals surface area contributed by atoms with Crippen LogP contribution in [0, 0.1) is 0 Å². The Hall–Kier alpha value is -1.84. The molecule has 116 valence electrons. The van der Waals surface area contributed by atoms with E-state index in [0.29, 0.717) is 19.9 Å². The van der Waals surface area contributed by atoms with Crippen LogP contribution in [0.2, 0.25) is 0 Å². The van der Waals surface area contributed by atoms with Crippen molar-refractivity contribution < 1.29 is 32.7 Å². The van der Waals surface area contributed by atoms with Crippen molar-refractivity contribution in [2.45, 2.75) is 32.0 Å². The number of hydrogen-bond donors (Lipinski definition) is 4. The first kappa shape index (κ1) is 18.2. The Morgan fingerprint density at radius 3 is 2.15 bits per heavy atom. The average Bonchev–Trinajstić information content (AvgIpc) is 2.31. The van der Waals surface area contributed by atoms with Crippen molar-refractivity contribution in [3.63, 3.8) is 0 Å². The Morgan fingerprint density at radius 1 is 1.20 bits per heavy atom. The molecule has 7 nitrogen and oxygen atoms in total. The van der Waals surface area contributed by atoms with Gasteiger partial charge in [0.05, 0.1) is 6.54 Å². The zero-order valence-electron chi connectivity index (χ0n) is 10.9. The number of urea groups is 1. The van der Waals surface area contributed by atoms with Gasteiger partial charge in [-0.15, -0.1) is 0 Å². The first-order valence-corrected chi connectivity index (χ1v) is 5.67. The first-order chi connectivity index (χ1) is 9.04. The summed E-state index contributed by atoms with van der Waals surface area (Å²) in [6.45, 7) is 1.48. The van der Waals surface area contributed by atoms with Crippen LogP contribution in [0.25, 0.3) is 0 Å². The molecule has 0 spiro atoms. The molecule has 0 bridgehead atoms. The summed E-state index contributed by atoms with van der Waals surface area (Å²) in [5.41, 5.74) is -3.27. The molecule has 0 aromatic heterocycles. The fourth-order valence-corrected chi connectivity index (χ4v) is 1.01. The molecule has 3 amide bonds. The Labute approximate surface area is 112 Å². The summed E-state index contributed by atoms with van der Waals surface area (Å²) >= 11 is 0. The number of rotatable bonds is 6. The van der Waals surface area contributed by atoms with Crippen LogP contribution in [0.4, 0.5) is 18.0 Å². The highest BCUT2D eigenvalue weighted by molar-refractivity contribution is 5.95. The van der Waals surface area contributed by atoms with Crippen molar-refractivity contribution in [1.82, 2.24) is 16.0 Å². The number of carboxylic acid groups (broad SMARTS) is 1. The van der Waals surface area contributed by atoms with E-state index >= 15 is 0 Å². The number of aliphatic carboxylic acids is 1. The minimum Gasteiger partial charge on any atom is -0.480 e. The molecule has 0 saturated heterocycles. The van der Waals surface area contributed by atoms with E-state index in [4.69, 9.17) is 5.11 Å². The Morgan fingerprint density at radius 2 is 1.75 bits per heavy atom. The van der Waals surface area contributed by atoms with Gasteiger partial charge in [-0.2, -0.15) is 13.2 Å². The van der Waals surface area contributed by atoms with Crippen LogP contribution >= 0.6 is 0 Å². The molecule has 0 radical (unpaired) electrons. The van der Waals surface area contributed by atoms with E-state index in [0.717, 1.165) is 0 Å². The molecule has 0 saturated carbocycles. The zero-order valence-corrected chi connectivity index (χ0v) is 10.9. The van der Waals surface area contributed by atoms with Crippen LogP contribution in [-0.4, -0.2) is 47.8 Å². The third-order valence-electron chi connectivity index (χ3n) is 2.39. The summed E-state index contributed by atoms with van der Waals surface area (Å²) in [6.07, 6.45) is -4.48. The van der Waals surface area contributed by atoms with E-state index in [1.54, 1.807) is 17.6 Å². The van der Waals surface area contributed by atoms with Gasteiger partial charge >= 0.3 is 18.2 Å². The molecule has 0 aliphatic rings. The van der Waals surface area contributed by atoms with E-state index < -0.39 is 36.2 Å². The third kappa shape index (κ3) is 5.03. The molecule has 0 aliphatic carbocycles. The van der Waals surface area contributed by atoms with Gasteiger partial charge in [0.25, 0.3) is 0 Å². The maximum atomic E-state index is 12.6. The van der Waals surface area contributed by atoms with Gasteiger partial charge in [-0.1, -0.05) is 6.92 Å². The van der Waals surface area contributed by atoms with Crippen LogP contribution < -0.4 is 16.0 Å². The highest BCUT2D eigenvalue weighted by atomic mass is 19.4. The lowest BCUT2D eigenvalue weighted by Gasteiger charge is -2.28. The fraction of sp³-hybridized carbons (Fsp3) is 0.700. The number of alkyl halides is 3. The summed E-state index contributed by atoms with van der Waals surface area (Å²) in [5.74, 6) is -3.25. The number of halogens is 3. The summed E-state index contributed by atoms with van der Waals surface area (Å²) in [6, 6.07) is -0.859. The number of carbonyl (C=O) groups excluding carboxylic acids is 2. The lowest BCUT2D eigenvalue weighted by Crippen LogP contribution is -2.62. The van der Waals surface area contributed by atoms with Crippen molar-refractivity contribution in [2.24, 2.45) is 0 Å². The van der Waals surface area contributed by atoms with Crippen molar-refractivity contribution in [3.05, 3.63) is 0 Å². The fourth-order valence-electron chi connectivity index (χ4n) is 1.01. The van der Waals surface area contributed by atoms with Crippen molar-refractivity contribution in [2.75, 3.05) is 13.1 Å². The molecule has 0 heterocycles. The van der Waals surface area contributed by atoms with Crippen molar-refractivity contribution >= 4 is 17.9 Å². The van der Waals surface area contributed by atoms with E-state index in [-0.39, 0.29) is 0 Å². The standard InChI is InChI=1S/C10H16F3N3O4/c1-3-4-14-8(20)16-6(17)5-15-9(2,7(18)19)10(11,12)13/h15H,3-5H2,1-2H3,(H,18,19)(H2,14,16,17,20). The monoisotopic (exact) mass is 299 g/mol. The molecular weight excluding hydrogens is 283 g/mol. The Kier molecular flexibility index (Phi) is 6.43. The summed E-state index contributed by atoms with van der Waals surface area (Å²) in [5, 5.41) is 14.2. The quantitative estimate of drug-likeness (QED) is 0.561. The van der Waals surface area contributed by atoms with E-state index in [9.17, 15) is 27.6 Å². The van der Waals surface area contributed by atoms with Gasteiger partial charge in [0.15, 0.2) is 0 Å². The molecule has 0 rings (SSSR count). The SMILES string of the molecule is CCCNC(=O)NC(=O)CNC(C)(C(=O)O)C(F)(F)F. The third-order valence-corrected chi connectivity index (χ3v) is 2.39. The topological polar surface area (TPSA) is 108 Å². The van der Waals surface area contributed by atoms with Gasteiger partial charge in [0.2, 0.25) is 11.4 Å². The van der Waals surface area contributed by atoms with Crippen LogP contribution in [0.1, 0.15) is 20.3 Å². The highest BCUT2D eigenvalue weighted by Crippen LogP contribution is 2.30. The second-order valence-electron chi connectivity index (χ2n) is 4.09. The maximum Gasteiger partial charge on any atom is 0.417 e. The molecule has 20 heavy (non-hydrogen) atoms. The molecule has 0 aromatic rings. The number of amides is 3. The van der Waals surface area contributed by atoms with Crippen molar-refractivity contribution in [1.29, 1.82) is 0 Å². The average molecular weight is 299 g/mol. The van der Waals surface area contributed by atoms with Gasteiger partial charge < -0.3 is 10.4 Å². The van der Waals surface area contributed by atoms with E-state index in [1.807, 2.05) is 0 Å². The molecule has 1 unspecified atom stereocenters. The summed E-state index contributed by atoms with van der Waals surface area (Å²) in [7, 11) is 0. The second kappa shape index (κ2) is 7.08. The Bertz CT molecular complexity index is 386. The molecule has 0 aromatic carbocycles. The predicted octanol–water partition coefficient (Wildman–Crippen LogP) is 0.217. The van der Waals surface area contributed by atoms with Gasteiger partial charge in [-0.05, 0) is 13.3 Å². The molecule has 10 heteroatoms. The molecule has 0 aliphatic heterocycles. The first-order valence-electron chi connectivity index (χ1n) is 5.67.